The maximum absolute atomic E-state index is 13.3. The largest absolute Gasteiger partial charge is 0.458 e. The van der Waals surface area contributed by atoms with Crippen LogP contribution in [0, 0.1) is 28.6 Å². The molecule has 0 aromatic rings. The van der Waals surface area contributed by atoms with Crippen molar-refractivity contribution in [3.63, 3.8) is 0 Å². The second kappa shape index (κ2) is 17.2. The highest BCUT2D eigenvalue weighted by atomic mass is 16.8. The second-order valence-electron chi connectivity index (χ2n) is 19.2. The molecular weight excluding hydrogens is 808 g/mol. The van der Waals surface area contributed by atoms with Gasteiger partial charge in [-0.15, -0.1) is 0 Å². The first-order chi connectivity index (χ1) is 28.9. The number of hydrogen-bond acceptors (Lipinski definition) is 19. The van der Waals surface area contributed by atoms with E-state index in [-0.39, 0.29) is 43.2 Å². The van der Waals surface area contributed by atoms with Crippen LogP contribution in [0.4, 0.5) is 0 Å². The lowest BCUT2D eigenvalue weighted by Gasteiger charge is -2.65. The van der Waals surface area contributed by atoms with Gasteiger partial charge in [-0.1, -0.05) is 6.92 Å². The van der Waals surface area contributed by atoms with Crippen molar-refractivity contribution in [3.05, 3.63) is 11.6 Å². The fourth-order valence-electron chi connectivity index (χ4n) is 12.9. The summed E-state index contributed by atoms with van der Waals surface area (Å²) in [5, 5.41) is 97.4. The van der Waals surface area contributed by atoms with Crippen LogP contribution in [-0.4, -0.2) is 188 Å². The number of carbonyl (C=O) groups excluding carboxylic acids is 2. The monoisotopic (exact) mass is 872 g/mol. The lowest BCUT2D eigenvalue weighted by atomic mass is 9.41. The van der Waals surface area contributed by atoms with Gasteiger partial charge in [0.2, 0.25) is 0 Å². The summed E-state index contributed by atoms with van der Waals surface area (Å²) in [6, 6.07) is 0. The minimum atomic E-state index is -1.75. The number of hydrogen-bond donors (Lipinski definition) is 9. The highest BCUT2D eigenvalue weighted by molar-refractivity contribution is 5.85. The standard InChI is InChI=1S/C42H64O19/c1-19-36(61-38-35(51)33(49)31(47)27(60-38)17-56-37-34(50)32(48)30(46)26(15-43)59-37)25(54-3)13-29(57-19)58-21-4-9-40(18-44)23-5-8-39(2)22(20-12-28(45)55-16-20)7-11-42(39,53)24(23)6-10-41(40,52)14-21/h12,18-19,21-27,29-38,43,46-53H,4-11,13-17H2,1-3H3/t19-,21-,22+,23+,24-,25-,26-,27+,29+,30-,31+,32-,33-,34+,35+,36+,37-,38-,39-,40+,41+,42+/m1/s1. The van der Waals surface area contributed by atoms with Crippen molar-refractivity contribution in [3.8, 4) is 0 Å². The highest BCUT2D eigenvalue weighted by Crippen LogP contribution is 2.70. The van der Waals surface area contributed by atoms with Crippen molar-refractivity contribution in [1.29, 1.82) is 0 Å². The Morgan fingerprint density at radius 3 is 2.18 bits per heavy atom. The molecule has 61 heavy (non-hydrogen) atoms. The van der Waals surface area contributed by atoms with E-state index in [1.54, 1.807) is 13.0 Å². The summed E-state index contributed by atoms with van der Waals surface area (Å²) in [5.41, 5.74) is -3.06. The van der Waals surface area contributed by atoms with Crippen molar-refractivity contribution < 1.29 is 93.4 Å². The third kappa shape index (κ3) is 7.55. The van der Waals surface area contributed by atoms with Gasteiger partial charge < -0.3 is 88.6 Å². The van der Waals surface area contributed by atoms with Gasteiger partial charge in [0, 0.05) is 31.4 Å². The van der Waals surface area contributed by atoms with E-state index in [1.807, 2.05) is 0 Å². The summed E-state index contributed by atoms with van der Waals surface area (Å²) in [5.74, 6) is -0.767. The molecule has 4 aliphatic carbocycles. The van der Waals surface area contributed by atoms with Crippen LogP contribution in [0.3, 0.4) is 0 Å². The predicted octanol–water partition coefficient (Wildman–Crippen LogP) is -1.92. The number of aliphatic hydroxyl groups is 9. The molecule has 19 nitrogen and oxygen atoms in total. The third-order valence-corrected chi connectivity index (χ3v) is 16.3. The fourth-order valence-corrected chi connectivity index (χ4v) is 12.9. The Bertz CT molecular complexity index is 1630. The van der Waals surface area contributed by atoms with E-state index in [0.29, 0.717) is 44.9 Å². The molecule has 0 radical (unpaired) electrons. The number of aliphatic hydroxyl groups excluding tert-OH is 7. The van der Waals surface area contributed by atoms with Crippen LogP contribution >= 0.6 is 0 Å². The molecule has 4 aliphatic heterocycles. The molecule has 3 saturated heterocycles. The van der Waals surface area contributed by atoms with E-state index < -0.39 is 127 Å². The Hall–Kier alpha value is -1.76. The molecule has 0 spiro atoms. The summed E-state index contributed by atoms with van der Waals surface area (Å²) < 4.78 is 46.7. The Balaban J connectivity index is 0.886. The van der Waals surface area contributed by atoms with Crippen molar-refractivity contribution >= 4 is 12.3 Å². The number of methoxy groups -OCH3 is 1. The minimum absolute atomic E-state index is 0.00485. The zero-order valence-corrected chi connectivity index (χ0v) is 34.8. The zero-order valence-electron chi connectivity index (χ0n) is 34.8. The Kier molecular flexibility index (Phi) is 12.9. The van der Waals surface area contributed by atoms with Crippen LogP contribution in [-0.2, 0) is 47.5 Å². The molecule has 0 aromatic carbocycles. The maximum Gasteiger partial charge on any atom is 0.331 e. The predicted molar refractivity (Wildman–Crippen MR) is 203 cm³/mol. The molecule has 8 rings (SSSR count). The van der Waals surface area contributed by atoms with Gasteiger partial charge in [-0.25, -0.2) is 4.79 Å². The molecular formula is C42H64O19. The normalized spacial score (nSPS) is 53.6. The van der Waals surface area contributed by atoms with E-state index in [9.17, 15) is 55.5 Å². The van der Waals surface area contributed by atoms with Gasteiger partial charge in [0.15, 0.2) is 18.9 Å². The van der Waals surface area contributed by atoms with E-state index in [4.69, 9.17) is 37.9 Å². The van der Waals surface area contributed by atoms with Crippen LogP contribution in [0.2, 0.25) is 0 Å². The van der Waals surface area contributed by atoms with E-state index in [2.05, 4.69) is 6.92 Å². The zero-order chi connectivity index (χ0) is 43.8. The first-order valence-electron chi connectivity index (χ1n) is 21.8. The van der Waals surface area contributed by atoms with Gasteiger partial charge in [0.05, 0.1) is 48.1 Å². The number of aldehydes is 1. The average molecular weight is 873 g/mol. The molecule has 0 unspecified atom stereocenters. The molecule has 346 valence electrons. The maximum atomic E-state index is 13.3. The quantitative estimate of drug-likeness (QED) is 0.0622. The van der Waals surface area contributed by atoms with Crippen LogP contribution in [0.1, 0.15) is 78.1 Å². The lowest BCUT2D eigenvalue weighted by molar-refractivity contribution is -0.355. The molecule has 8 aliphatic rings. The lowest BCUT2D eigenvalue weighted by Crippen LogP contribution is -2.69. The molecule has 0 bridgehead atoms. The SMILES string of the molecule is CO[C@@H]1C[C@H](O[C@@H]2CC[C@]3(C=O)[C@H]4CC[C@]5(C)[C@H](C6=CC(=O)OC6)CC[C@]5(O)[C@@H]4CC[C@]3(O)C2)O[C@H](C)[C@@H]1O[C@H]1O[C@@H](CO[C@@H]2O[C@H](CO)[C@@H](O)[C@@H](O)[C@@H]2O)[C@H](O)[C@@H](O)[C@@H]1O. The van der Waals surface area contributed by atoms with Crippen molar-refractivity contribution in [2.24, 2.45) is 28.6 Å². The Morgan fingerprint density at radius 2 is 1.51 bits per heavy atom. The molecule has 0 amide bonds. The third-order valence-electron chi connectivity index (χ3n) is 16.3. The van der Waals surface area contributed by atoms with Crippen LogP contribution in [0.15, 0.2) is 11.6 Å². The Morgan fingerprint density at radius 1 is 0.820 bits per heavy atom. The summed E-state index contributed by atoms with van der Waals surface area (Å²) in [6.45, 7) is 2.86. The molecule has 9 N–H and O–H groups in total. The number of carbonyl (C=O) groups is 2. The van der Waals surface area contributed by atoms with Crippen LogP contribution in [0.5, 0.6) is 0 Å². The summed E-state index contributed by atoms with van der Waals surface area (Å²) in [6.07, 6.45) is -12.2. The van der Waals surface area contributed by atoms with Gasteiger partial charge in [-0.2, -0.15) is 0 Å². The van der Waals surface area contributed by atoms with Crippen molar-refractivity contribution in [2.45, 2.75) is 181 Å². The number of ether oxygens (including phenoxy) is 8. The number of cyclic esters (lactones) is 1. The van der Waals surface area contributed by atoms with Gasteiger partial charge in [-0.05, 0) is 81.6 Å². The molecule has 7 fully saturated rings. The van der Waals surface area contributed by atoms with E-state index >= 15 is 0 Å². The summed E-state index contributed by atoms with van der Waals surface area (Å²) >= 11 is 0. The van der Waals surface area contributed by atoms with Crippen molar-refractivity contribution in [1.82, 2.24) is 0 Å². The first-order valence-corrected chi connectivity index (χ1v) is 21.8. The topological polar surface area (TPSA) is 290 Å². The smallest absolute Gasteiger partial charge is 0.331 e. The van der Waals surface area contributed by atoms with E-state index in [0.717, 1.165) is 18.3 Å². The van der Waals surface area contributed by atoms with Crippen LogP contribution < -0.4 is 0 Å². The summed E-state index contributed by atoms with van der Waals surface area (Å²) in [7, 11) is 1.47. The van der Waals surface area contributed by atoms with Gasteiger partial charge in [0.1, 0.15) is 67.8 Å². The van der Waals surface area contributed by atoms with Gasteiger partial charge in [0.25, 0.3) is 0 Å². The van der Waals surface area contributed by atoms with E-state index in [1.165, 1.54) is 7.11 Å². The second-order valence-corrected chi connectivity index (χ2v) is 19.2. The van der Waals surface area contributed by atoms with Crippen molar-refractivity contribution in [2.75, 3.05) is 26.9 Å². The number of fused-ring (bicyclic) bond motifs is 5. The van der Waals surface area contributed by atoms with Gasteiger partial charge >= 0.3 is 5.97 Å². The summed E-state index contributed by atoms with van der Waals surface area (Å²) in [4.78, 5) is 25.3. The average Bonchev–Trinajstić information content (AvgIpc) is 3.79. The Labute approximate surface area is 353 Å². The molecule has 19 heteroatoms. The number of esters is 1. The molecule has 4 saturated carbocycles. The van der Waals surface area contributed by atoms with Gasteiger partial charge in [-0.3, -0.25) is 0 Å². The number of rotatable bonds is 11. The molecule has 0 aromatic heterocycles. The fraction of sp³-hybridized carbons (Fsp3) is 0.905. The molecule has 4 heterocycles. The molecule has 22 atom stereocenters. The highest BCUT2D eigenvalue weighted by Gasteiger charge is 2.71. The minimum Gasteiger partial charge on any atom is -0.458 e. The van der Waals surface area contributed by atoms with Crippen LogP contribution in [0.25, 0.3) is 0 Å². The first kappa shape index (κ1) is 45.8.